The Kier molecular flexibility index (Phi) is 4.87. The van der Waals surface area contributed by atoms with Crippen molar-refractivity contribution in [3.63, 3.8) is 0 Å². The Morgan fingerprint density at radius 1 is 1.15 bits per heavy atom. The van der Waals surface area contributed by atoms with Gasteiger partial charge < -0.3 is 0 Å². The molecule has 0 aromatic carbocycles. The van der Waals surface area contributed by atoms with Crippen molar-refractivity contribution in [3.8, 4) is 0 Å². The van der Waals surface area contributed by atoms with Gasteiger partial charge in [0, 0.05) is 12.3 Å². The molecule has 0 fully saturated rings. The van der Waals surface area contributed by atoms with E-state index >= 15 is 0 Å². The predicted octanol–water partition coefficient (Wildman–Crippen LogP) is -0.640. The van der Waals surface area contributed by atoms with Crippen LogP contribution in [0.4, 0.5) is 0 Å². The van der Waals surface area contributed by atoms with Crippen molar-refractivity contribution in [2.45, 2.75) is 13.3 Å². The summed E-state index contributed by atoms with van der Waals surface area (Å²) < 4.78 is 45.2. The molecule has 0 heterocycles. The molecular weight excluding hydrogens is 214 g/mol. The van der Waals surface area contributed by atoms with Gasteiger partial charge in [-0.1, -0.05) is 6.92 Å². The average Bonchev–Trinajstić information content (AvgIpc) is 1.97. The minimum Gasteiger partial charge on any atom is -0.229 e. The SMILES string of the molecule is CCS(=O)(=O)CCCNS(C)(=O)=O. The zero-order valence-corrected chi connectivity index (χ0v) is 9.41. The molecule has 0 saturated carbocycles. The molecule has 0 aliphatic rings. The lowest BCUT2D eigenvalue weighted by molar-refractivity contribution is 0.581. The molecule has 0 aliphatic carbocycles. The van der Waals surface area contributed by atoms with Crippen LogP contribution in [0.3, 0.4) is 0 Å². The van der Waals surface area contributed by atoms with E-state index in [1.54, 1.807) is 6.92 Å². The number of hydrogen-bond donors (Lipinski definition) is 1. The first-order chi connectivity index (χ1) is 5.77. The van der Waals surface area contributed by atoms with E-state index in [9.17, 15) is 16.8 Å². The fraction of sp³-hybridized carbons (Fsp3) is 1.00. The van der Waals surface area contributed by atoms with Crippen molar-refractivity contribution < 1.29 is 16.8 Å². The van der Waals surface area contributed by atoms with E-state index in [0.717, 1.165) is 6.26 Å². The number of rotatable bonds is 6. The van der Waals surface area contributed by atoms with E-state index in [4.69, 9.17) is 0 Å². The van der Waals surface area contributed by atoms with Gasteiger partial charge in [-0.05, 0) is 6.42 Å². The molecule has 7 heteroatoms. The van der Waals surface area contributed by atoms with Crippen LogP contribution in [0.25, 0.3) is 0 Å². The van der Waals surface area contributed by atoms with Crippen LogP contribution in [0.5, 0.6) is 0 Å². The van der Waals surface area contributed by atoms with Crippen LogP contribution in [-0.4, -0.2) is 41.1 Å². The summed E-state index contributed by atoms with van der Waals surface area (Å²) >= 11 is 0. The quantitative estimate of drug-likeness (QED) is 0.614. The molecule has 5 nitrogen and oxygen atoms in total. The van der Waals surface area contributed by atoms with E-state index in [0.29, 0.717) is 6.42 Å². The number of hydrogen-bond acceptors (Lipinski definition) is 4. The van der Waals surface area contributed by atoms with Gasteiger partial charge >= 0.3 is 0 Å². The van der Waals surface area contributed by atoms with E-state index < -0.39 is 19.9 Å². The summed E-state index contributed by atoms with van der Waals surface area (Å²) in [6.07, 6.45) is 1.37. The maximum atomic E-state index is 10.9. The standard InChI is InChI=1S/C6H15NO4S2/c1-3-13(10,11)6-4-5-7-12(2,8)9/h7H,3-6H2,1-2H3. The Labute approximate surface area is 79.5 Å². The highest BCUT2D eigenvalue weighted by Gasteiger charge is 2.07. The van der Waals surface area contributed by atoms with Crippen molar-refractivity contribution in [1.29, 1.82) is 0 Å². The van der Waals surface area contributed by atoms with Crippen molar-refractivity contribution >= 4 is 19.9 Å². The normalized spacial score (nSPS) is 13.1. The summed E-state index contributed by atoms with van der Waals surface area (Å²) in [6.45, 7) is 1.75. The largest absolute Gasteiger partial charge is 0.229 e. The molecule has 0 rings (SSSR count). The highest BCUT2D eigenvalue weighted by atomic mass is 32.2. The van der Waals surface area contributed by atoms with Crippen molar-refractivity contribution in [3.05, 3.63) is 0 Å². The molecular formula is C6H15NO4S2. The lowest BCUT2D eigenvalue weighted by Gasteiger charge is -2.01. The fourth-order valence-corrected chi connectivity index (χ4v) is 2.08. The van der Waals surface area contributed by atoms with Crippen molar-refractivity contribution in [1.82, 2.24) is 4.72 Å². The smallest absolute Gasteiger partial charge is 0.208 e. The maximum absolute atomic E-state index is 10.9. The van der Waals surface area contributed by atoms with Crippen LogP contribution in [0.1, 0.15) is 13.3 Å². The molecule has 80 valence electrons. The summed E-state index contributed by atoms with van der Waals surface area (Å²) in [5.41, 5.74) is 0. The lowest BCUT2D eigenvalue weighted by atomic mass is 10.5. The van der Waals surface area contributed by atoms with Crippen molar-refractivity contribution in [2.24, 2.45) is 0 Å². The summed E-state index contributed by atoms with van der Waals surface area (Å²) in [5.74, 6) is 0.137. The van der Waals surface area contributed by atoms with Crippen LogP contribution in [-0.2, 0) is 19.9 Å². The van der Waals surface area contributed by atoms with Gasteiger partial charge in [-0.3, -0.25) is 0 Å². The minimum atomic E-state index is -3.19. The van der Waals surface area contributed by atoms with E-state index in [-0.39, 0.29) is 18.1 Å². The summed E-state index contributed by atoms with van der Waals surface area (Å²) in [6, 6.07) is 0. The summed E-state index contributed by atoms with van der Waals surface area (Å²) in [5, 5.41) is 0. The fourth-order valence-electron chi connectivity index (χ4n) is 0.694. The first kappa shape index (κ1) is 12.9. The molecule has 0 aromatic heterocycles. The van der Waals surface area contributed by atoms with Crippen LogP contribution in [0, 0.1) is 0 Å². The highest BCUT2D eigenvalue weighted by Crippen LogP contribution is 1.92. The van der Waals surface area contributed by atoms with Crippen LogP contribution < -0.4 is 4.72 Å². The topological polar surface area (TPSA) is 80.3 Å². The second-order valence-corrected chi connectivity index (χ2v) is 7.06. The van der Waals surface area contributed by atoms with Gasteiger partial charge in [0.15, 0.2) is 0 Å². The summed E-state index contributed by atoms with van der Waals surface area (Å²) in [7, 11) is -6.17. The highest BCUT2D eigenvalue weighted by molar-refractivity contribution is 7.91. The van der Waals surface area contributed by atoms with E-state index in [2.05, 4.69) is 4.72 Å². The molecule has 0 unspecified atom stereocenters. The molecule has 0 atom stereocenters. The average molecular weight is 229 g/mol. The third-order valence-electron chi connectivity index (χ3n) is 1.44. The number of nitrogens with one attached hydrogen (secondary N) is 1. The Morgan fingerprint density at radius 3 is 2.08 bits per heavy atom. The third-order valence-corrected chi connectivity index (χ3v) is 3.96. The van der Waals surface area contributed by atoms with Crippen LogP contribution in [0.2, 0.25) is 0 Å². The maximum Gasteiger partial charge on any atom is 0.208 e. The third kappa shape index (κ3) is 8.20. The van der Waals surface area contributed by atoms with Gasteiger partial charge in [-0.15, -0.1) is 0 Å². The van der Waals surface area contributed by atoms with Crippen LogP contribution in [0.15, 0.2) is 0 Å². The molecule has 0 saturated heterocycles. The van der Waals surface area contributed by atoms with Crippen LogP contribution >= 0.6 is 0 Å². The second kappa shape index (κ2) is 4.92. The van der Waals surface area contributed by atoms with Gasteiger partial charge in [0.2, 0.25) is 10.0 Å². The molecule has 13 heavy (non-hydrogen) atoms. The second-order valence-electron chi connectivity index (χ2n) is 2.76. The molecule has 0 aliphatic heterocycles. The Morgan fingerprint density at radius 2 is 1.69 bits per heavy atom. The van der Waals surface area contributed by atoms with E-state index in [1.807, 2.05) is 0 Å². The minimum absolute atomic E-state index is 0.0338. The number of sulfone groups is 1. The first-order valence-corrected chi connectivity index (χ1v) is 7.63. The molecule has 0 amide bonds. The predicted molar refractivity (Wildman–Crippen MR) is 51.8 cm³/mol. The summed E-state index contributed by atoms with van der Waals surface area (Å²) in [4.78, 5) is 0. The van der Waals surface area contributed by atoms with Gasteiger partial charge in [-0.25, -0.2) is 21.6 Å². The van der Waals surface area contributed by atoms with Gasteiger partial charge in [0.05, 0.1) is 12.0 Å². The molecule has 1 N–H and O–H groups in total. The Balaban J connectivity index is 3.71. The monoisotopic (exact) mass is 229 g/mol. The zero-order chi connectivity index (χ0) is 10.5. The first-order valence-electron chi connectivity index (χ1n) is 3.92. The molecule has 0 spiro atoms. The van der Waals surface area contributed by atoms with Crippen molar-refractivity contribution in [2.75, 3.05) is 24.3 Å². The Hall–Kier alpha value is -0.140. The molecule has 0 bridgehead atoms. The van der Waals surface area contributed by atoms with Gasteiger partial charge in [0.1, 0.15) is 9.84 Å². The molecule has 0 aromatic rings. The Bertz CT molecular complexity index is 330. The van der Waals surface area contributed by atoms with Gasteiger partial charge in [0.25, 0.3) is 0 Å². The molecule has 0 radical (unpaired) electrons. The van der Waals surface area contributed by atoms with Gasteiger partial charge in [-0.2, -0.15) is 0 Å². The number of sulfonamides is 1. The zero-order valence-electron chi connectivity index (χ0n) is 7.78. The van der Waals surface area contributed by atoms with E-state index in [1.165, 1.54) is 0 Å². The lowest BCUT2D eigenvalue weighted by Crippen LogP contribution is -2.24.